The Labute approximate surface area is 113 Å². The minimum Gasteiger partial charge on any atom is -0.324 e. The lowest BCUT2D eigenvalue weighted by atomic mass is 10.2. The zero-order chi connectivity index (χ0) is 13.0. The third kappa shape index (κ3) is 3.15. The SMILES string of the molecule is Cc1cccc(Cl)c1NC(=NC1CCCC1)NN. The van der Waals surface area contributed by atoms with Gasteiger partial charge in [-0.2, -0.15) is 0 Å². The molecule has 4 nitrogen and oxygen atoms in total. The number of guanidine groups is 1. The molecule has 0 aromatic heterocycles. The van der Waals surface area contributed by atoms with Crippen LogP contribution in [0.2, 0.25) is 5.02 Å². The van der Waals surface area contributed by atoms with Gasteiger partial charge in [-0.05, 0) is 31.4 Å². The van der Waals surface area contributed by atoms with E-state index >= 15 is 0 Å². The van der Waals surface area contributed by atoms with E-state index in [1.54, 1.807) is 0 Å². The molecule has 1 aromatic rings. The zero-order valence-corrected chi connectivity index (χ0v) is 11.3. The molecule has 98 valence electrons. The van der Waals surface area contributed by atoms with Gasteiger partial charge in [0.25, 0.3) is 0 Å². The van der Waals surface area contributed by atoms with Gasteiger partial charge < -0.3 is 5.32 Å². The molecule has 0 atom stereocenters. The number of para-hydroxylation sites is 1. The summed E-state index contributed by atoms with van der Waals surface area (Å²) < 4.78 is 0. The molecule has 1 saturated carbocycles. The second-order valence-corrected chi connectivity index (χ2v) is 5.02. The summed E-state index contributed by atoms with van der Waals surface area (Å²) in [6.07, 6.45) is 4.76. The predicted molar refractivity (Wildman–Crippen MR) is 76.8 cm³/mol. The Morgan fingerprint density at radius 2 is 2.11 bits per heavy atom. The van der Waals surface area contributed by atoms with Crippen molar-refractivity contribution in [3.63, 3.8) is 0 Å². The summed E-state index contributed by atoms with van der Waals surface area (Å²) in [5, 5.41) is 3.84. The standard InChI is InChI=1S/C13H19ClN4/c1-9-5-4-8-11(14)12(9)17-13(18-15)16-10-6-2-3-7-10/h4-5,8,10H,2-3,6-7,15H2,1H3,(H2,16,17,18). The minimum absolute atomic E-state index is 0.367. The van der Waals surface area contributed by atoms with E-state index in [1.165, 1.54) is 12.8 Å². The van der Waals surface area contributed by atoms with Crippen molar-refractivity contribution in [3.05, 3.63) is 28.8 Å². The number of aliphatic imine (C=N–C) groups is 1. The summed E-state index contributed by atoms with van der Waals surface area (Å²) in [5.74, 6) is 6.09. The number of hydrogen-bond donors (Lipinski definition) is 3. The third-order valence-corrected chi connectivity index (χ3v) is 3.55. The first kappa shape index (κ1) is 13.2. The van der Waals surface area contributed by atoms with E-state index in [-0.39, 0.29) is 0 Å². The van der Waals surface area contributed by atoms with Crippen LogP contribution in [0.15, 0.2) is 23.2 Å². The van der Waals surface area contributed by atoms with Crippen molar-refractivity contribution in [1.82, 2.24) is 5.43 Å². The topological polar surface area (TPSA) is 62.4 Å². The van der Waals surface area contributed by atoms with Gasteiger partial charge in [0.05, 0.1) is 16.8 Å². The fraction of sp³-hybridized carbons (Fsp3) is 0.462. The molecular weight excluding hydrogens is 248 g/mol. The molecule has 1 aliphatic carbocycles. The Balaban J connectivity index is 2.14. The molecule has 0 amide bonds. The molecule has 18 heavy (non-hydrogen) atoms. The highest BCUT2D eigenvalue weighted by Gasteiger charge is 2.15. The quantitative estimate of drug-likeness (QED) is 0.334. The smallest absolute Gasteiger partial charge is 0.210 e. The highest BCUT2D eigenvalue weighted by Crippen LogP contribution is 2.26. The van der Waals surface area contributed by atoms with E-state index in [4.69, 9.17) is 17.4 Å². The van der Waals surface area contributed by atoms with Gasteiger partial charge in [-0.15, -0.1) is 0 Å². The summed E-state index contributed by atoms with van der Waals surface area (Å²) >= 11 is 6.16. The van der Waals surface area contributed by atoms with Crippen LogP contribution < -0.4 is 16.6 Å². The maximum Gasteiger partial charge on any atom is 0.210 e. The first-order valence-corrected chi connectivity index (χ1v) is 6.65. The molecule has 0 saturated heterocycles. The highest BCUT2D eigenvalue weighted by molar-refractivity contribution is 6.34. The van der Waals surface area contributed by atoms with Gasteiger partial charge in [0, 0.05) is 0 Å². The maximum atomic E-state index is 6.16. The van der Waals surface area contributed by atoms with Gasteiger partial charge in [-0.25, -0.2) is 10.8 Å². The Morgan fingerprint density at radius 3 is 2.72 bits per heavy atom. The van der Waals surface area contributed by atoms with Gasteiger partial charge in [-0.3, -0.25) is 5.43 Å². The molecular formula is C13H19ClN4. The zero-order valence-electron chi connectivity index (χ0n) is 10.5. The first-order valence-electron chi connectivity index (χ1n) is 6.27. The second-order valence-electron chi connectivity index (χ2n) is 4.62. The molecule has 0 heterocycles. The average Bonchev–Trinajstić information content (AvgIpc) is 2.85. The van der Waals surface area contributed by atoms with E-state index in [2.05, 4.69) is 15.7 Å². The number of hydrazine groups is 1. The predicted octanol–water partition coefficient (Wildman–Crippen LogP) is 2.82. The molecule has 1 aliphatic rings. The van der Waals surface area contributed by atoms with Crippen molar-refractivity contribution in [3.8, 4) is 0 Å². The number of nitrogens with one attached hydrogen (secondary N) is 2. The molecule has 0 spiro atoms. The summed E-state index contributed by atoms with van der Waals surface area (Å²) in [6.45, 7) is 2.00. The highest BCUT2D eigenvalue weighted by atomic mass is 35.5. The number of benzene rings is 1. The Kier molecular flexibility index (Phi) is 4.44. The molecule has 4 N–H and O–H groups in total. The van der Waals surface area contributed by atoms with E-state index in [0.29, 0.717) is 17.0 Å². The van der Waals surface area contributed by atoms with Gasteiger partial charge in [0.1, 0.15) is 0 Å². The van der Waals surface area contributed by atoms with Gasteiger partial charge >= 0.3 is 0 Å². The van der Waals surface area contributed by atoms with Crippen LogP contribution in [0.4, 0.5) is 5.69 Å². The number of hydrogen-bond acceptors (Lipinski definition) is 2. The fourth-order valence-electron chi connectivity index (χ4n) is 2.23. The van der Waals surface area contributed by atoms with Crippen molar-refractivity contribution >= 4 is 23.2 Å². The molecule has 0 aliphatic heterocycles. The van der Waals surface area contributed by atoms with E-state index in [9.17, 15) is 0 Å². The van der Waals surface area contributed by atoms with E-state index < -0.39 is 0 Å². The number of aryl methyl sites for hydroxylation is 1. The molecule has 0 radical (unpaired) electrons. The van der Waals surface area contributed by atoms with Crippen LogP contribution in [0.5, 0.6) is 0 Å². The third-order valence-electron chi connectivity index (χ3n) is 3.24. The van der Waals surface area contributed by atoms with Crippen molar-refractivity contribution in [2.45, 2.75) is 38.6 Å². The van der Waals surface area contributed by atoms with Gasteiger partial charge in [0.2, 0.25) is 5.96 Å². The number of nitrogens with zero attached hydrogens (tertiary/aromatic N) is 1. The van der Waals surface area contributed by atoms with Gasteiger partial charge in [-0.1, -0.05) is 36.6 Å². The molecule has 0 unspecified atom stereocenters. The van der Waals surface area contributed by atoms with Crippen LogP contribution in [0.3, 0.4) is 0 Å². The van der Waals surface area contributed by atoms with Crippen molar-refractivity contribution in [1.29, 1.82) is 0 Å². The monoisotopic (exact) mass is 266 g/mol. The number of anilines is 1. The fourth-order valence-corrected chi connectivity index (χ4v) is 2.50. The molecule has 1 aromatic carbocycles. The molecule has 0 bridgehead atoms. The lowest BCUT2D eigenvalue weighted by Gasteiger charge is -2.14. The minimum atomic E-state index is 0.367. The maximum absolute atomic E-state index is 6.16. The summed E-state index contributed by atoms with van der Waals surface area (Å²) in [5.41, 5.74) is 4.53. The first-order chi connectivity index (χ1) is 8.70. The van der Waals surface area contributed by atoms with Crippen LogP contribution in [0.1, 0.15) is 31.2 Å². The average molecular weight is 267 g/mol. The molecule has 5 heteroatoms. The molecule has 1 fully saturated rings. The lowest BCUT2D eigenvalue weighted by molar-refractivity contribution is 0.700. The number of nitrogens with two attached hydrogens (primary N) is 1. The molecule has 2 rings (SSSR count). The summed E-state index contributed by atoms with van der Waals surface area (Å²) in [4.78, 5) is 4.58. The van der Waals surface area contributed by atoms with Crippen LogP contribution in [-0.2, 0) is 0 Å². The lowest BCUT2D eigenvalue weighted by Crippen LogP contribution is -2.37. The summed E-state index contributed by atoms with van der Waals surface area (Å²) in [7, 11) is 0. The van der Waals surface area contributed by atoms with E-state index in [1.807, 2.05) is 25.1 Å². The van der Waals surface area contributed by atoms with Crippen LogP contribution in [0.25, 0.3) is 0 Å². The Morgan fingerprint density at radius 1 is 1.39 bits per heavy atom. The van der Waals surface area contributed by atoms with Crippen LogP contribution in [-0.4, -0.2) is 12.0 Å². The van der Waals surface area contributed by atoms with E-state index in [0.717, 1.165) is 24.1 Å². The van der Waals surface area contributed by atoms with Crippen LogP contribution in [0, 0.1) is 6.92 Å². The van der Waals surface area contributed by atoms with Crippen LogP contribution >= 0.6 is 11.6 Å². The Hall–Kier alpha value is -1.26. The largest absolute Gasteiger partial charge is 0.324 e. The second kappa shape index (κ2) is 6.07. The Bertz CT molecular complexity index is 418. The number of rotatable bonds is 2. The normalized spacial score (nSPS) is 16.9. The van der Waals surface area contributed by atoms with Crippen molar-refractivity contribution in [2.75, 3.05) is 5.32 Å². The van der Waals surface area contributed by atoms with Gasteiger partial charge in [0.15, 0.2) is 0 Å². The van der Waals surface area contributed by atoms with Crippen molar-refractivity contribution < 1.29 is 0 Å². The summed E-state index contributed by atoms with van der Waals surface area (Å²) in [6, 6.07) is 6.14. The van der Waals surface area contributed by atoms with Crippen molar-refractivity contribution in [2.24, 2.45) is 10.8 Å². The number of halogens is 1.